The number of carboxylic acid groups (broad SMARTS) is 1. The molecule has 17 heteroatoms. The smallest absolute Gasteiger partial charge is 0.397 e. The van der Waals surface area contributed by atoms with Crippen molar-refractivity contribution >= 4 is 26.7 Å². The van der Waals surface area contributed by atoms with Gasteiger partial charge in [0.1, 0.15) is 24.4 Å². The Labute approximate surface area is 191 Å². The second-order valence-corrected chi connectivity index (χ2v) is 10.3. The zero-order valence-corrected chi connectivity index (χ0v) is 19.8. The highest BCUT2D eigenvalue weighted by Gasteiger charge is 2.51. The Balaban J connectivity index is 2.36. The molecule has 2 saturated heterocycles. The Hall–Kier alpha value is -0.990. The van der Waals surface area contributed by atoms with Crippen molar-refractivity contribution in [3.63, 3.8) is 0 Å². The molecular weight excluding hydrogens is 494 g/mol. The number of carboxylic acids is 1. The van der Waals surface area contributed by atoms with Crippen molar-refractivity contribution in [1.82, 2.24) is 4.72 Å². The van der Waals surface area contributed by atoms with Gasteiger partial charge in [-0.05, 0) is 11.8 Å². The van der Waals surface area contributed by atoms with Gasteiger partial charge in [0.05, 0.1) is 6.61 Å². The van der Waals surface area contributed by atoms with Crippen molar-refractivity contribution < 1.29 is 64.1 Å². The van der Waals surface area contributed by atoms with E-state index in [0.29, 0.717) is 0 Å². The van der Waals surface area contributed by atoms with Crippen LogP contribution in [0.3, 0.4) is 0 Å². The van der Waals surface area contributed by atoms with Gasteiger partial charge in [0.25, 0.3) is 0 Å². The lowest BCUT2D eigenvalue weighted by atomic mass is 9.79. The minimum absolute atomic E-state index is 0.225. The zero-order chi connectivity index (χ0) is 25.3. The van der Waals surface area contributed by atoms with Gasteiger partial charge in [-0.1, -0.05) is 20.8 Å². The average Bonchev–Trinajstić information content (AvgIpc) is 2.68. The molecule has 2 heterocycles. The highest BCUT2D eigenvalue weighted by Crippen LogP contribution is 2.37. The van der Waals surface area contributed by atoms with Crippen molar-refractivity contribution in [2.75, 3.05) is 13.7 Å². The molecular formula is C16H29NO14S2. The van der Waals surface area contributed by atoms with E-state index in [9.17, 15) is 31.8 Å². The summed E-state index contributed by atoms with van der Waals surface area (Å²) in [4.78, 5) is 11.6. The monoisotopic (exact) mass is 523 g/mol. The van der Waals surface area contributed by atoms with Crippen LogP contribution in [0.2, 0.25) is 0 Å². The van der Waals surface area contributed by atoms with Gasteiger partial charge in [-0.25, -0.2) is 8.98 Å². The number of ether oxygens (including phenoxy) is 4. The third-order valence-corrected chi connectivity index (χ3v) is 6.96. The van der Waals surface area contributed by atoms with Crippen LogP contribution in [0.15, 0.2) is 0 Å². The van der Waals surface area contributed by atoms with E-state index in [2.05, 4.69) is 4.18 Å². The zero-order valence-electron chi connectivity index (χ0n) is 18.2. The van der Waals surface area contributed by atoms with Gasteiger partial charge >= 0.3 is 26.7 Å². The molecule has 0 radical (unpaired) electrons. The quantitative estimate of drug-likeness (QED) is 0.215. The first kappa shape index (κ1) is 28.2. The van der Waals surface area contributed by atoms with E-state index in [1.807, 2.05) is 0 Å². The molecule has 2 fully saturated rings. The number of nitrogens with one attached hydrogen (secondary N) is 1. The number of carbonyl (C=O) groups is 1. The van der Waals surface area contributed by atoms with Crippen LogP contribution in [-0.4, -0.2) is 98.9 Å². The molecule has 5 N–H and O–H groups in total. The molecule has 2 aliphatic rings. The number of methoxy groups -OCH3 is 1. The van der Waals surface area contributed by atoms with Crippen molar-refractivity contribution in [2.24, 2.45) is 17.8 Å². The van der Waals surface area contributed by atoms with Gasteiger partial charge in [0, 0.05) is 13.0 Å². The molecule has 194 valence electrons. The van der Waals surface area contributed by atoms with Gasteiger partial charge in [-0.3, -0.25) is 9.11 Å². The second-order valence-electron chi connectivity index (χ2n) is 8.04. The minimum Gasteiger partial charge on any atom is -0.479 e. The van der Waals surface area contributed by atoms with Gasteiger partial charge in [0.15, 0.2) is 18.7 Å². The number of hydrogen-bond acceptors (Lipinski definition) is 11. The summed E-state index contributed by atoms with van der Waals surface area (Å²) in [5.74, 6) is -2.28. The van der Waals surface area contributed by atoms with Crippen molar-refractivity contribution in [3.05, 3.63) is 0 Å². The lowest BCUT2D eigenvalue weighted by Crippen LogP contribution is -2.66. The maximum atomic E-state index is 11.6. The number of hydrogen-bond donors (Lipinski definition) is 5. The fourth-order valence-corrected chi connectivity index (χ4v) is 4.76. The SMILES string of the molecule is COC1OC(COS(=O)(=O)O)C(OC2OC(C(=O)O)C(C)C(C)C2C)C(O)C1NS(=O)(=O)O. The molecule has 0 bridgehead atoms. The lowest BCUT2D eigenvalue weighted by molar-refractivity contribution is -0.322. The topological polar surface area (TPSA) is 224 Å². The van der Waals surface area contributed by atoms with Gasteiger partial charge in [-0.15, -0.1) is 0 Å². The van der Waals surface area contributed by atoms with Gasteiger partial charge in [-0.2, -0.15) is 21.6 Å². The summed E-state index contributed by atoms with van der Waals surface area (Å²) in [5, 5.41) is 20.3. The maximum absolute atomic E-state index is 11.6. The molecule has 0 aromatic carbocycles. The van der Waals surface area contributed by atoms with E-state index in [1.165, 1.54) is 0 Å². The molecule has 2 rings (SSSR count). The molecule has 15 nitrogen and oxygen atoms in total. The fourth-order valence-electron chi connectivity index (χ4n) is 3.86. The van der Waals surface area contributed by atoms with Crippen LogP contribution in [-0.2, 0) is 48.6 Å². The molecule has 10 atom stereocenters. The molecule has 0 aromatic heterocycles. The number of rotatable bonds is 9. The first-order valence-corrected chi connectivity index (χ1v) is 12.6. The minimum atomic E-state index is -4.93. The summed E-state index contributed by atoms with van der Waals surface area (Å²) in [6.07, 6.45) is -8.88. The van der Waals surface area contributed by atoms with E-state index in [0.717, 1.165) is 7.11 Å². The molecule has 0 spiro atoms. The molecule has 0 aliphatic carbocycles. The van der Waals surface area contributed by atoms with Crippen LogP contribution in [0.1, 0.15) is 20.8 Å². The van der Waals surface area contributed by atoms with Crippen LogP contribution in [0.25, 0.3) is 0 Å². The number of aliphatic carboxylic acids is 1. The van der Waals surface area contributed by atoms with Crippen LogP contribution in [0.5, 0.6) is 0 Å². The van der Waals surface area contributed by atoms with Gasteiger partial charge in [0.2, 0.25) is 0 Å². The number of aliphatic hydroxyl groups is 1. The summed E-state index contributed by atoms with van der Waals surface area (Å²) in [6.45, 7) is 4.29. The summed E-state index contributed by atoms with van der Waals surface area (Å²) >= 11 is 0. The predicted molar refractivity (Wildman–Crippen MR) is 106 cm³/mol. The highest BCUT2D eigenvalue weighted by molar-refractivity contribution is 7.83. The largest absolute Gasteiger partial charge is 0.479 e. The Kier molecular flexibility index (Phi) is 9.19. The summed E-state index contributed by atoms with van der Waals surface area (Å²) < 4.78 is 90.6. The Morgan fingerprint density at radius 1 is 1.00 bits per heavy atom. The molecule has 33 heavy (non-hydrogen) atoms. The Bertz CT molecular complexity index is 893. The average molecular weight is 524 g/mol. The Morgan fingerprint density at radius 3 is 2.09 bits per heavy atom. The fraction of sp³-hybridized carbons (Fsp3) is 0.938. The maximum Gasteiger partial charge on any atom is 0.397 e. The van der Waals surface area contributed by atoms with Crippen LogP contribution in [0, 0.1) is 17.8 Å². The summed E-state index contributed by atoms with van der Waals surface area (Å²) in [6, 6.07) is -1.62. The first-order chi connectivity index (χ1) is 15.1. The Morgan fingerprint density at radius 2 is 1.61 bits per heavy atom. The van der Waals surface area contributed by atoms with Crippen molar-refractivity contribution in [3.8, 4) is 0 Å². The van der Waals surface area contributed by atoms with E-state index in [-0.39, 0.29) is 5.92 Å². The molecule has 10 unspecified atom stereocenters. The lowest BCUT2D eigenvalue weighted by Gasteiger charge is -2.47. The third kappa shape index (κ3) is 7.25. The number of aliphatic hydroxyl groups excluding tert-OH is 1. The highest BCUT2D eigenvalue weighted by atomic mass is 32.3. The normalized spacial score (nSPS) is 40.5. The molecule has 2 aliphatic heterocycles. The third-order valence-electron chi connectivity index (χ3n) is 5.95. The summed E-state index contributed by atoms with van der Waals surface area (Å²) in [7, 11) is -8.70. The van der Waals surface area contributed by atoms with Crippen LogP contribution in [0.4, 0.5) is 0 Å². The van der Waals surface area contributed by atoms with E-state index < -0.39 is 88.2 Å². The summed E-state index contributed by atoms with van der Waals surface area (Å²) in [5.41, 5.74) is 0. The van der Waals surface area contributed by atoms with Crippen molar-refractivity contribution in [2.45, 2.75) is 63.8 Å². The van der Waals surface area contributed by atoms with E-state index >= 15 is 0 Å². The van der Waals surface area contributed by atoms with E-state index in [4.69, 9.17) is 28.1 Å². The van der Waals surface area contributed by atoms with Crippen molar-refractivity contribution in [1.29, 1.82) is 0 Å². The molecule has 0 aromatic rings. The van der Waals surface area contributed by atoms with Crippen LogP contribution >= 0.6 is 0 Å². The van der Waals surface area contributed by atoms with E-state index in [1.54, 1.807) is 25.5 Å². The van der Waals surface area contributed by atoms with Gasteiger partial charge < -0.3 is 29.2 Å². The predicted octanol–water partition coefficient (Wildman–Crippen LogP) is -1.60. The first-order valence-electron chi connectivity index (χ1n) is 9.82. The standard InChI is InChI=1S/C16H29NO14S2/c1-6-7(2)12(14(19)20)30-15(8(6)3)31-13-9(5-28-33(24,25)26)29-16(27-4)10(11(13)18)17-32(21,22)23/h6-13,15-18H,5H2,1-4H3,(H,19,20)(H,21,22,23)(H,24,25,26). The van der Waals surface area contributed by atoms with Crippen LogP contribution < -0.4 is 4.72 Å². The molecule has 0 saturated carbocycles. The molecule has 0 amide bonds. The second kappa shape index (κ2) is 10.7.